The molecule has 0 saturated carbocycles. The summed E-state index contributed by atoms with van der Waals surface area (Å²) < 4.78 is 24.0. The van der Waals surface area contributed by atoms with E-state index in [1.807, 2.05) is 5.43 Å². The molecule has 0 aliphatic rings. The lowest BCUT2D eigenvalue weighted by atomic mass is 10.2. The molecule has 0 aromatic heterocycles. The largest absolute Gasteiger partial charge is 0.493 e. The zero-order valence-corrected chi connectivity index (χ0v) is 13.6. The van der Waals surface area contributed by atoms with Crippen molar-refractivity contribution in [1.29, 1.82) is 0 Å². The highest BCUT2D eigenvalue weighted by Crippen LogP contribution is 2.30. The Bertz CT molecular complexity index is 765. The van der Waals surface area contributed by atoms with Crippen molar-refractivity contribution in [2.75, 3.05) is 7.11 Å². The summed E-state index contributed by atoms with van der Waals surface area (Å²) in [5.74, 6) is 5.17. The predicted molar refractivity (Wildman–Crippen MR) is 90.1 cm³/mol. The van der Waals surface area contributed by atoms with Gasteiger partial charge >= 0.3 is 0 Å². The van der Waals surface area contributed by atoms with Crippen molar-refractivity contribution in [1.82, 2.24) is 5.43 Å². The Morgan fingerprint density at radius 1 is 1.29 bits per heavy atom. The highest BCUT2D eigenvalue weighted by Gasteiger charge is 2.08. The number of halogens is 2. The average Bonchev–Trinajstić information content (AvgIpc) is 2.58. The molecule has 0 fully saturated rings. The minimum absolute atomic E-state index is 0.145. The first-order chi connectivity index (χ1) is 11.5. The van der Waals surface area contributed by atoms with Crippen molar-refractivity contribution >= 4 is 23.6 Å². The number of hydrogen-bond donors (Lipinski definition) is 2. The molecule has 0 atom stereocenters. The van der Waals surface area contributed by atoms with Gasteiger partial charge in [0.1, 0.15) is 12.4 Å². The monoisotopic (exact) mass is 350 g/mol. The Morgan fingerprint density at radius 3 is 2.75 bits per heavy atom. The topological polar surface area (TPSA) is 73.6 Å². The van der Waals surface area contributed by atoms with Gasteiger partial charge in [-0.05, 0) is 35.9 Å². The van der Waals surface area contributed by atoms with Gasteiger partial charge in [-0.25, -0.2) is 10.2 Å². The van der Waals surface area contributed by atoms with Crippen molar-refractivity contribution in [3.8, 4) is 11.5 Å². The number of amides is 1. The second-order valence-corrected chi connectivity index (χ2v) is 5.18. The molecule has 0 unspecified atom stereocenters. The molecule has 0 aliphatic heterocycles. The SMILES string of the molecule is COc1ccc(/C=C/C(=O)NN)cc1OCc1ccc(F)cc1Cl. The smallest absolute Gasteiger partial charge is 0.257 e. The van der Waals surface area contributed by atoms with Crippen LogP contribution in [0.1, 0.15) is 11.1 Å². The first kappa shape index (κ1) is 17.8. The van der Waals surface area contributed by atoms with Crippen molar-refractivity contribution in [3.63, 3.8) is 0 Å². The molecule has 24 heavy (non-hydrogen) atoms. The number of ether oxygens (including phenoxy) is 2. The highest BCUT2D eigenvalue weighted by molar-refractivity contribution is 6.31. The molecule has 126 valence electrons. The number of hydrazine groups is 1. The molecule has 0 saturated heterocycles. The lowest BCUT2D eigenvalue weighted by Gasteiger charge is -2.12. The average molecular weight is 351 g/mol. The maximum absolute atomic E-state index is 13.1. The molecule has 0 spiro atoms. The number of carbonyl (C=O) groups is 1. The van der Waals surface area contributed by atoms with Crippen molar-refractivity contribution in [2.24, 2.45) is 5.84 Å². The van der Waals surface area contributed by atoms with Crippen molar-refractivity contribution in [3.05, 3.63) is 64.4 Å². The van der Waals surface area contributed by atoms with Gasteiger partial charge in [-0.1, -0.05) is 23.7 Å². The maximum Gasteiger partial charge on any atom is 0.257 e. The number of methoxy groups -OCH3 is 1. The van der Waals surface area contributed by atoms with Crippen LogP contribution >= 0.6 is 11.6 Å². The van der Waals surface area contributed by atoms with Crippen LogP contribution in [-0.2, 0) is 11.4 Å². The van der Waals surface area contributed by atoms with Crippen molar-refractivity contribution in [2.45, 2.75) is 6.61 Å². The number of nitrogens with one attached hydrogen (secondary N) is 1. The van der Waals surface area contributed by atoms with E-state index in [0.29, 0.717) is 17.1 Å². The van der Waals surface area contributed by atoms with E-state index in [9.17, 15) is 9.18 Å². The van der Waals surface area contributed by atoms with E-state index in [1.54, 1.807) is 30.3 Å². The highest BCUT2D eigenvalue weighted by atomic mass is 35.5. The molecule has 2 aromatic rings. The Hall–Kier alpha value is -2.57. The summed E-state index contributed by atoms with van der Waals surface area (Å²) in [6.07, 6.45) is 2.88. The molecule has 0 radical (unpaired) electrons. The summed E-state index contributed by atoms with van der Waals surface area (Å²) in [6, 6.07) is 9.27. The summed E-state index contributed by atoms with van der Waals surface area (Å²) in [4.78, 5) is 11.1. The molecule has 1 amide bonds. The second-order valence-electron chi connectivity index (χ2n) is 4.78. The summed E-state index contributed by atoms with van der Waals surface area (Å²) in [6.45, 7) is 0.145. The molecule has 5 nitrogen and oxygen atoms in total. The summed E-state index contributed by atoms with van der Waals surface area (Å²) in [5, 5.41) is 0.282. The van der Waals surface area contributed by atoms with Crippen LogP contribution in [-0.4, -0.2) is 13.0 Å². The summed E-state index contributed by atoms with van der Waals surface area (Å²) in [7, 11) is 1.52. The van der Waals surface area contributed by atoms with Crippen molar-refractivity contribution < 1.29 is 18.7 Å². The van der Waals surface area contributed by atoms with Crippen LogP contribution < -0.4 is 20.7 Å². The molecule has 2 rings (SSSR count). The molecule has 3 N–H and O–H groups in total. The van der Waals surface area contributed by atoms with E-state index >= 15 is 0 Å². The lowest BCUT2D eigenvalue weighted by molar-refractivity contribution is -0.116. The number of rotatable bonds is 6. The predicted octanol–water partition coefficient (Wildman–Crippen LogP) is 3.07. The minimum atomic E-state index is -0.425. The van der Waals surface area contributed by atoms with Gasteiger partial charge in [0.05, 0.1) is 12.1 Å². The number of benzene rings is 2. The molecule has 7 heteroatoms. The van der Waals surface area contributed by atoms with E-state index in [1.165, 1.54) is 25.3 Å². The van der Waals surface area contributed by atoms with E-state index in [-0.39, 0.29) is 11.6 Å². The number of carbonyl (C=O) groups excluding carboxylic acids is 1. The van der Waals surface area contributed by atoms with E-state index in [2.05, 4.69) is 0 Å². The van der Waals surface area contributed by atoms with Crippen LogP contribution in [0.15, 0.2) is 42.5 Å². The van der Waals surface area contributed by atoms with Gasteiger partial charge in [-0.3, -0.25) is 10.2 Å². The molecular formula is C17H16ClFN2O3. The van der Waals surface area contributed by atoms with Gasteiger partial charge in [-0.15, -0.1) is 0 Å². The zero-order chi connectivity index (χ0) is 17.5. The van der Waals surface area contributed by atoms with Crippen LogP contribution in [0.4, 0.5) is 4.39 Å². The zero-order valence-electron chi connectivity index (χ0n) is 12.9. The quantitative estimate of drug-likeness (QED) is 0.363. The van der Waals surface area contributed by atoms with Crippen LogP contribution in [0, 0.1) is 5.82 Å². The van der Waals surface area contributed by atoms with Crippen LogP contribution in [0.25, 0.3) is 6.08 Å². The van der Waals surface area contributed by atoms with E-state index in [4.69, 9.17) is 26.9 Å². The third-order valence-corrected chi connectivity index (χ3v) is 3.51. The first-order valence-corrected chi connectivity index (χ1v) is 7.34. The maximum atomic E-state index is 13.1. The van der Waals surface area contributed by atoms with Gasteiger partial charge in [0.15, 0.2) is 11.5 Å². The van der Waals surface area contributed by atoms with Gasteiger partial charge in [0, 0.05) is 11.6 Å². The summed E-state index contributed by atoms with van der Waals surface area (Å²) in [5.41, 5.74) is 3.37. The van der Waals surface area contributed by atoms with Gasteiger partial charge in [0.25, 0.3) is 5.91 Å². The van der Waals surface area contributed by atoms with Crippen LogP contribution in [0.5, 0.6) is 11.5 Å². The standard InChI is InChI=1S/C17H16ClFN2O3/c1-23-15-6-2-11(3-7-17(22)21-20)8-16(15)24-10-12-4-5-13(19)9-14(12)18/h2-9H,10,20H2,1H3,(H,21,22)/b7-3+. The van der Waals surface area contributed by atoms with Crippen LogP contribution in [0.2, 0.25) is 5.02 Å². The minimum Gasteiger partial charge on any atom is -0.493 e. The fraction of sp³-hybridized carbons (Fsp3) is 0.118. The van der Waals surface area contributed by atoms with E-state index in [0.717, 1.165) is 5.56 Å². The molecule has 0 heterocycles. The van der Waals surface area contributed by atoms with E-state index < -0.39 is 11.7 Å². The fourth-order valence-corrected chi connectivity index (χ4v) is 2.15. The molecule has 2 aromatic carbocycles. The Labute approximate surface area is 143 Å². The third-order valence-electron chi connectivity index (χ3n) is 3.16. The van der Waals surface area contributed by atoms with Gasteiger partial charge < -0.3 is 9.47 Å². The van der Waals surface area contributed by atoms with Gasteiger partial charge in [-0.2, -0.15) is 0 Å². The summed E-state index contributed by atoms with van der Waals surface area (Å²) >= 11 is 5.98. The fourth-order valence-electron chi connectivity index (χ4n) is 1.92. The first-order valence-electron chi connectivity index (χ1n) is 6.97. The number of nitrogens with two attached hydrogens (primary N) is 1. The number of hydrogen-bond acceptors (Lipinski definition) is 4. The molecular weight excluding hydrogens is 335 g/mol. The lowest BCUT2D eigenvalue weighted by Crippen LogP contribution is -2.27. The Kier molecular flexibility index (Phi) is 6.17. The van der Waals surface area contributed by atoms with Gasteiger partial charge in [0.2, 0.25) is 0 Å². The molecule has 0 aliphatic carbocycles. The normalized spacial score (nSPS) is 10.7. The molecule has 0 bridgehead atoms. The Morgan fingerprint density at radius 2 is 2.08 bits per heavy atom. The second kappa shape index (κ2) is 8.33. The Balaban J connectivity index is 2.18. The third kappa shape index (κ3) is 4.71. The van der Waals surface area contributed by atoms with Crippen LogP contribution in [0.3, 0.4) is 0 Å².